The highest BCUT2D eigenvalue weighted by Crippen LogP contribution is 2.72. The molecule has 2 heterocycles. The topological polar surface area (TPSA) is 59.0 Å². The van der Waals surface area contributed by atoms with Gasteiger partial charge in [0, 0.05) is 43.4 Å². The van der Waals surface area contributed by atoms with Crippen molar-refractivity contribution in [2.45, 2.75) is 64.6 Å². The van der Waals surface area contributed by atoms with Crippen molar-refractivity contribution in [1.29, 1.82) is 0 Å². The van der Waals surface area contributed by atoms with Gasteiger partial charge in [-0.2, -0.15) is 0 Å². The molecule has 0 radical (unpaired) electrons. The molecule has 5 heteroatoms. The summed E-state index contributed by atoms with van der Waals surface area (Å²) in [6, 6.07) is 0. The monoisotopic (exact) mass is 403 g/mol. The zero-order valence-electron chi connectivity index (χ0n) is 18.5. The lowest BCUT2D eigenvalue weighted by molar-refractivity contribution is -0.311. The number of rotatable bonds is 3. The van der Waals surface area contributed by atoms with Crippen molar-refractivity contribution in [3.63, 3.8) is 0 Å². The van der Waals surface area contributed by atoms with E-state index in [1.807, 2.05) is 0 Å². The molecule has 0 aromatic heterocycles. The minimum absolute atomic E-state index is 0.0302. The molecule has 1 N–H and O–H groups in total. The molecule has 1 saturated carbocycles. The van der Waals surface area contributed by atoms with Gasteiger partial charge < -0.3 is 19.5 Å². The number of ether oxygens (including phenoxy) is 2. The number of allylic oxidation sites excluding steroid dienone is 1. The highest BCUT2D eigenvalue weighted by atomic mass is 16.7. The molecule has 2 bridgehead atoms. The third-order valence-corrected chi connectivity index (χ3v) is 9.72. The second-order valence-electron chi connectivity index (χ2n) is 10.9. The zero-order valence-corrected chi connectivity index (χ0v) is 18.5. The summed E-state index contributed by atoms with van der Waals surface area (Å²) in [6.07, 6.45) is 7.36. The molecule has 5 rings (SSSR count). The van der Waals surface area contributed by atoms with Gasteiger partial charge in [0.15, 0.2) is 5.79 Å². The van der Waals surface area contributed by atoms with Crippen LogP contribution in [0.3, 0.4) is 0 Å². The fourth-order valence-corrected chi connectivity index (χ4v) is 8.42. The number of likely N-dealkylation sites (tertiary alicyclic amines) is 1. The molecule has 29 heavy (non-hydrogen) atoms. The van der Waals surface area contributed by atoms with E-state index >= 15 is 0 Å². The van der Waals surface area contributed by atoms with E-state index in [4.69, 9.17) is 9.47 Å². The summed E-state index contributed by atoms with van der Waals surface area (Å²) in [4.78, 5) is 14.8. The lowest BCUT2D eigenvalue weighted by atomic mass is 9.50. The number of carboxylic acids is 1. The largest absolute Gasteiger partial charge is 0.481 e. The summed E-state index contributed by atoms with van der Waals surface area (Å²) in [7, 11) is 4.02. The Bertz CT molecular complexity index is 735. The Kier molecular flexibility index (Phi) is 4.52. The second kappa shape index (κ2) is 6.54. The van der Waals surface area contributed by atoms with E-state index in [1.54, 1.807) is 18.3 Å². The predicted octanol–water partition coefficient (Wildman–Crippen LogP) is 3.93. The fraction of sp³-hybridized carbons (Fsp3) is 0.875. The van der Waals surface area contributed by atoms with Gasteiger partial charge in [-0.05, 0) is 57.4 Å². The number of carbonyl (C=O) groups is 1. The van der Waals surface area contributed by atoms with E-state index < -0.39 is 11.8 Å². The van der Waals surface area contributed by atoms with Crippen LogP contribution in [0.2, 0.25) is 0 Å². The van der Waals surface area contributed by atoms with Crippen molar-refractivity contribution in [1.82, 2.24) is 4.90 Å². The first kappa shape index (κ1) is 20.0. The van der Waals surface area contributed by atoms with Gasteiger partial charge in [-0.3, -0.25) is 4.79 Å². The Morgan fingerprint density at radius 3 is 2.66 bits per heavy atom. The van der Waals surface area contributed by atoms with E-state index in [9.17, 15) is 9.90 Å². The molecule has 0 amide bonds. The summed E-state index contributed by atoms with van der Waals surface area (Å²) in [5, 5.41) is 10.1. The molecule has 5 nitrogen and oxygen atoms in total. The van der Waals surface area contributed by atoms with Crippen molar-refractivity contribution in [2.24, 2.45) is 34.5 Å². The van der Waals surface area contributed by atoms with Crippen LogP contribution in [-0.2, 0) is 14.3 Å². The summed E-state index contributed by atoms with van der Waals surface area (Å²) in [5.41, 5.74) is 3.21. The molecule has 2 aliphatic heterocycles. The number of methoxy groups -OCH3 is 1. The first-order valence-corrected chi connectivity index (χ1v) is 11.6. The zero-order chi connectivity index (χ0) is 20.6. The standard InChI is InChI=1S/C24H37NO4/c1-15(2)24(28-4)10-9-22(14-29-24)17-7-5-16-6-8-18-19(21(26)27)11-23(22,20(16)18)13-25(3)12-17/h15,17-19H,5-14H2,1-4H3,(H,26,27). The molecule has 6 atom stereocenters. The Morgan fingerprint density at radius 2 is 2.03 bits per heavy atom. The van der Waals surface area contributed by atoms with Crippen LogP contribution in [0.5, 0.6) is 0 Å². The predicted molar refractivity (Wildman–Crippen MR) is 110 cm³/mol. The average Bonchev–Trinajstić information content (AvgIpc) is 3.23. The average molecular weight is 404 g/mol. The first-order chi connectivity index (χ1) is 13.8. The molecule has 162 valence electrons. The van der Waals surface area contributed by atoms with E-state index in [1.165, 1.54) is 12.8 Å². The van der Waals surface area contributed by atoms with Crippen LogP contribution in [0.25, 0.3) is 0 Å². The summed E-state index contributed by atoms with van der Waals surface area (Å²) >= 11 is 0. The maximum atomic E-state index is 12.3. The SMILES string of the molecule is COC1(C(C)C)CCC2(CO1)C1CCC3=C4C(CC3)C(C(=O)O)CC42CN(C)C1. The van der Waals surface area contributed by atoms with Crippen LogP contribution >= 0.6 is 0 Å². The van der Waals surface area contributed by atoms with Crippen molar-refractivity contribution in [3.8, 4) is 0 Å². The molecule has 0 aromatic carbocycles. The Labute approximate surface area is 174 Å². The first-order valence-electron chi connectivity index (χ1n) is 11.6. The summed E-state index contributed by atoms with van der Waals surface area (Å²) in [6.45, 7) is 7.19. The van der Waals surface area contributed by atoms with Gasteiger partial charge in [-0.25, -0.2) is 0 Å². The maximum absolute atomic E-state index is 12.3. The minimum atomic E-state index is -0.587. The van der Waals surface area contributed by atoms with Gasteiger partial charge in [-0.1, -0.05) is 25.0 Å². The molecule has 0 aromatic rings. The van der Waals surface area contributed by atoms with E-state index in [2.05, 4.69) is 25.8 Å². The van der Waals surface area contributed by atoms with Crippen molar-refractivity contribution in [2.75, 3.05) is 33.9 Å². The lowest BCUT2D eigenvalue weighted by Crippen LogP contribution is -2.64. The van der Waals surface area contributed by atoms with Crippen LogP contribution in [0, 0.1) is 34.5 Å². The smallest absolute Gasteiger partial charge is 0.307 e. The molecule has 6 unspecified atom stereocenters. The summed E-state index contributed by atoms with van der Waals surface area (Å²) < 4.78 is 12.6. The normalized spacial score (nSPS) is 47.0. The fourth-order valence-electron chi connectivity index (χ4n) is 8.42. The third kappa shape index (κ3) is 2.47. The van der Waals surface area contributed by atoms with Gasteiger partial charge in [0.2, 0.25) is 0 Å². The number of nitrogens with zero attached hydrogens (tertiary/aromatic N) is 1. The Balaban J connectivity index is 1.62. The number of piperidine rings is 1. The molecular formula is C24H37NO4. The van der Waals surface area contributed by atoms with Crippen molar-refractivity contribution in [3.05, 3.63) is 11.1 Å². The highest BCUT2D eigenvalue weighted by Gasteiger charge is 2.69. The van der Waals surface area contributed by atoms with Crippen LogP contribution < -0.4 is 0 Å². The minimum Gasteiger partial charge on any atom is -0.481 e. The maximum Gasteiger partial charge on any atom is 0.307 e. The number of hydrogen-bond acceptors (Lipinski definition) is 4. The van der Waals surface area contributed by atoms with Gasteiger partial charge in [-0.15, -0.1) is 0 Å². The molecular weight excluding hydrogens is 366 g/mol. The van der Waals surface area contributed by atoms with Crippen LogP contribution in [-0.4, -0.2) is 55.6 Å². The highest BCUT2D eigenvalue weighted by molar-refractivity contribution is 5.73. The molecule has 5 aliphatic rings. The summed E-state index contributed by atoms with van der Waals surface area (Å²) in [5.74, 6) is -0.170. The van der Waals surface area contributed by atoms with Gasteiger partial charge in [0.25, 0.3) is 0 Å². The molecule has 3 aliphatic carbocycles. The van der Waals surface area contributed by atoms with Crippen LogP contribution in [0.15, 0.2) is 11.1 Å². The second-order valence-corrected chi connectivity index (χ2v) is 10.9. The lowest BCUT2D eigenvalue weighted by Gasteiger charge is -2.62. The number of hydrogen-bond donors (Lipinski definition) is 1. The van der Waals surface area contributed by atoms with Crippen LogP contribution in [0.4, 0.5) is 0 Å². The molecule has 2 spiro atoms. The number of aliphatic carboxylic acids is 1. The third-order valence-electron chi connectivity index (χ3n) is 9.72. The molecule has 2 saturated heterocycles. The van der Waals surface area contributed by atoms with Crippen molar-refractivity contribution >= 4 is 5.97 Å². The van der Waals surface area contributed by atoms with Gasteiger partial charge >= 0.3 is 5.97 Å². The Hall–Kier alpha value is -0.910. The number of carboxylic acid groups (broad SMARTS) is 1. The van der Waals surface area contributed by atoms with Gasteiger partial charge in [0.1, 0.15) is 0 Å². The van der Waals surface area contributed by atoms with Crippen LogP contribution in [0.1, 0.15) is 58.8 Å². The van der Waals surface area contributed by atoms with Gasteiger partial charge in [0.05, 0.1) is 12.5 Å². The molecule has 3 fully saturated rings. The van der Waals surface area contributed by atoms with E-state index in [-0.39, 0.29) is 22.7 Å². The van der Waals surface area contributed by atoms with E-state index in [0.29, 0.717) is 18.4 Å². The quantitative estimate of drug-likeness (QED) is 0.724. The van der Waals surface area contributed by atoms with E-state index in [0.717, 1.165) is 45.2 Å². The Morgan fingerprint density at radius 1 is 1.28 bits per heavy atom. The van der Waals surface area contributed by atoms with Crippen molar-refractivity contribution < 1.29 is 19.4 Å².